The van der Waals surface area contributed by atoms with Crippen LogP contribution in [-0.2, 0) is 6.54 Å². The van der Waals surface area contributed by atoms with Gasteiger partial charge in [-0.25, -0.2) is 0 Å². The predicted octanol–water partition coefficient (Wildman–Crippen LogP) is 3.72. The van der Waals surface area contributed by atoms with Crippen molar-refractivity contribution in [3.05, 3.63) is 24.0 Å². The normalized spacial score (nSPS) is 12.5. The molecule has 0 atom stereocenters. The predicted molar refractivity (Wildman–Crippen MR) is 65.1 cm³/mol. The second kappa shape index (κ2) is 5.58. The minimum absolute atomic E-state index is 0.126. The van der Waals surface area contributed by atoms with Gasteiger partial charge in [-0.15, -0.1) is 0 Å². The van der Waals surface area contributed by atoms with Gasteiger partial charge >= 0.3 is 0 Å². The lowest BCUT2D eigenvalue weighted by atomic mass is 10.3. The highest BCUT2D eigenvalue weighted by molar-refractivity contribution is 14.1. The smallest absolute Gasteiger partial charge is 0.272 e. The molecule has 0 aliphatic rings. The van der Waals surface area contributed by atoms with Crippen LogP contribution in [0.15, 0.2) is 18.3 Å². The van der Waals surface area contributed by atoms with Gasteiger partial charge in [0.05, 0.1) is 5.69 Å². The number of aromatic nitrogens is 2. The van der Waals surface area contributed by atoms with E-state index in [1.165, 1.54) is 0 Å². The topological polar surface area (TPSA) is 17.8 Å². The largest absolute Gasteiger partial charge is 0.296 e. The molecule has 1 heterocycles. The van der Waals surface area contributed by atoms with Gasteiger partial charge in [0.25, 0.3) is 3.93 Å². The van der Waals surface area contributed by atoms with Crippen LogP contribution in [0.2, 0.25) is 0 Å². The summed E-state index contributed by atoms with van der Waals surface area (Å²) < 4.78 is 24.1. The third-order valence-corrected chi connectivity index (χ3v) is 2.41. The number of halogens is 3. The van der Waals surface area contributed by atoms with E-state index in [4.69, 9.17) is 0 Å². The maximum atomic E-state index is 12.4. The van der Waals surface area contributed by atoms with Crippen LogP contribution in [0.5, 0.6) is 0 Å². The molecule has 5 heteroatoms. The Bertz CT molecular complexity index is 328. The lowest BCUT2D eigenvalue weighted by Gasteiger charge is -2.03. The molecule has 0 N–H and O–H groups in total. The quantitative estimate of drug-likeness (QED) is 0.596. The summed E-state index contributed by atoms with van der Waals surface area (Å²) in [5, 5.41) is 4.20. The van der Waals surface area contributed by atoms with Crippen molar-refractivity contribution in [1.82, 2.24) is 9.78 Å². The molecule has 0 saturated heterocycles. The molecule has 0 unspecified atom stereocenters. The van der Waals surface area contributed by atoms with E-state index in [-0.39, 0.29) is 6.42 Å². The summed E-state index contributed by atoms with van der Waals surface area (Å²) in [5.74, 6) is 0. The van der Waals surface area contributed by atoms with Crippen LogP contribution in [-0.4, -0.2) is 13.7 Å². The van der Waals surface area contributed by atoms with Crippen molar-refractivity contribution >= 4 is 28.7 Å². The molecule has 0 aliphatic carbocycles. The Morgan fingerprint density at radius 3 is 2.87 bits per heavy atom. The lowest BCUT2D eigenvalue weighted by Crippen LogP contribution is -2.02. The SMILES string of the molecule is CCn1ccc(/C=C\CCC(F)(F)I)n1. The summed E-state index contributed by atoms with van der Waals surface area (Å²) in [5.41, 5.74) is 0.814. The Labute approximate surface area is 101 Å². The Morgan fingerprint density at radius 1 is 1.60 bits per heavy atom. The first-order chi connectivity index (χ1) is 7.01. The molecule has 1 aromatic rings. The lowest BCUT2D eigenvalue weighted by molar-refractivity contribution is 0.118. The Hall–Kier alpha value is -0.460. The summed E-state index contributed by atoms with van der Waals surface area (Å²) in [7, 11) is 0. The van der Waals surface area contributed by atoms with Crippen LogP contribution < -0.4 is 0 Å². The van der Waals surface area contributed by atoms with E-state index in [2.05, 4.69) is 5.10 Å². The average Bonchev–Trinajstić information content (AvgIpc) is 2.59. The molecular weight excluding hydrogens is 313 g/mol. The van der Waals surface area contributed by atoms with E-state index in [1.807, 2.05) is 19.2 Å². The molecule has 0 aliphatic heterocycles. The summed E-state index contributed by atoms with van der Waals surface area (Å²) in [6, 6.07) is 1.86. The molecule has 2 nitrogen and oxygen atoms in total. The Balaban J connectivity index is 2.38. The third kappa shape index (κ3) is 5.25. The van der Waals surface area contributed by atoms with Gasteiger partial charge in [-0.3, -0.25) is 4.68 Å². The van der Waals surface area contributed by atoms with Gasteiger partial charge in [0.2, 0.25) is 0 Å². The number of nitrogens with zero attached hydrogens (tertiary/aromatic N) is 2. The summed E-state index contributed by atoms with van der Waals surface area (Å²) in [6.45, 7) is 2.82. The van der Waals surface area contributed by atoms with Crippen molar-refractivity contribution < 1.29 is 8.78 Å². The molecule has 0 spiro atoms. The second-order valence-corrected chi connectivity index (χ2v) is 4.73. The highest BCUT2D eigenvalue weighted by atomic mass is 127. The van der Waals surface area contributed by atoms with Crippen molar-refractivity contribution in [2.75, 3.05) is 0 Å². The van der Waals surface area contributed by atoms with Gasteiger partial charge in [-0.05, 0) is 48.1 Å². The molecule has 0 bridgehead atoms. The Kier molecular flexibility index (Phi) is 4.69. The van der Waals surface area contributed by atoms with E-state index in [9.17, 15) is 8.78 Å². The number of rotatable bonds is 5. The first kappa shape index (κ1) is 12.6. The van der Waals surface area contributed by atoms with E-state index in [1.54, 1.807) is 16.8 Å². The van der Waals surface area contributed by atoms with E-state index >= 15 is 0 Å². The third-order valence-electron chi connectivity index (χ3n) is 1.87. The number of alkyl halides is 3. The van der Waals surface area contributed by atoms with Crippen LogP contribution in [0.25, 0.3) is 6.08 Å². The maximum Gasteiger partial charge on any atom is 0.296 e. The number of hydrogen-bond donors (Lipinski definition) is 0. The van der Waals surface area contributed by atoms with Crippen molar-refractivity contribution in [2.45, 2.75) is 30.2 Å². The minimum atomic E-state index is -2.61. The van der Waals surface area contributed by atoms with Gasteiger partial charge in [-0.2, -0.15) is 13.9 Å². The average molecular weight is 326 g/mol. The maximum absolute atomic E-state index is 12.4. The molecular formula is C10H13F2IN2. The van der Waals surface area contributed by atoms with Gasteiger partial charge in [0.15, 0.2) is 0 Å². The first-order valence-electron chi connectivity index (χ1n) is 4.78. The fraction of sp³-hybridized carbons (Fsp3) is 0.500. The molecule has 0 amide bonds. The van der Waals surface area contributed by atoms with Crippen molar-refractivity contribution in [1.29, 1.82) is 0 Å². The minimum Gasteiger partial charge on any atom is -0.272 e. The molecule has 0 fully saturated rings. The van der Waals surface area contributed by atoms with Gasteiger partial charge < -0.3 is 0 Å². The van der Waals surface area contributed by atoms with Crippen LogP contribution in [0.1, 0.15) is 25.5 Å². The van der Waals surface area contributed by atoms with E-state index < -0.39 is 3.93 Å². The van der Waals surface area contributed by atoms with Crippen molar-refractivity contribution in [2.24, 2.45) is 0 Å². The summed E-state index contributed by atoms with van der Waals surface area (Å²) in [4.78, 5) is 0. The van der Waals surface area contributed by atoms with Gasteiger partial charge in [0, 0.05) is 19.2 Å². The molecule has 15 heavy (non-hydrogen) atoms. The first-order valence-corrected chi connectivity index (χ1v) is 5.86. The Morgan fingerprint density at radius 2 is 2.33 bits per heavy atom. The van der Waals surface area contributed by atoms with Crippen molar-refractivity contribution in [3.63, 3.8) is 0 Å². The fourth-order valence-corrected chi connectivity index (χ4v) is 1.40. The zero-order valence-electron chi connectivity index (χ0n) is 8.46. The fourth-order valence-electron chi connectivity index (χ4n) is 1.09. The number of aryl methyl sites for hydroxylation is 1. The molecule has 0 saturated carbocycles. The van der Waals surface area contributed by atoms with Crippen LogP contribution in [0.4, 0.5) is 8.78 Å². The zero-order valence-corrected chi connectivity index (χ0v) is 10.6. The molecule has 0 radical (unpaired) electrons. The highest BCUT2D eigenvalue weighted by Gasteiger charge is 2.21. The monoisotopic (exact) mass is 326 g/mol. The van der Waals surface area contributed by atoms with Crippen LogP contribution >= 0.6 is 22.6 Å². The molecule has 0 aromatic carbocycles. The summed E-state index contributed by atoms with van der Waals surface area (Å²) >= 11 is 1.15. The number of allylic oxidation sites excluding steroid dienone is 1. The van der Waals surface area contributed by atoms with Gasteiger partial charge in [-0.1, -0.05) is 6.08 Å². The standard InChI is InChI=1S/C10H13F2IN2/c1-2-15-8-6-9(14-15)5-3-4-7-10(11,12)13/h3,5-6,8H,2,4,7H2,1H3/b5-3-. The van der Waals surface area contributed by atoms with Crippen molar-refractivity contribution in [3.8, 4) is 0 Å². The van der Waals surface area contributed by atoms with Crippen LogP contribution in [0, 0.1) is 0 Å². The van der Waals surface area contributed by atoms with E-state index in [0.29, 0.717) is 6.42 Å². The van der Waals surface area contributed by atoms with Gasteiger partial charge in [0.1, 0.15) is 0 Å². The van der Waals surface area contributed by atoms with E-state index in [0.717, 1.165) is 34.8 Å². The molecule has 84 valence electrons. The second-order valence-electron chi connectivity index (χ2n) is 3.15. The van der Waals surface area contributed by atoms with Crippen LogP contribution in [0.3, 0.4) is 0 Å². The molecule has 1 aromatic heterocycles. The summed E-state index contributed by atoms with van der Waals surface area (Å²) in [6.07, 6.45) is 5.61. The number of hydrogen-bond acceptors (Lipinski definition) is 1. The zero-order chi connectivity index (χ0) is 11.3. The highest BCUT2D eigenvalue weighted by Crippen LogP contribution is 2.28. The molecule has 1 rings (SSSR count).